The zero-order valence-electron chi connectivity index (χ0n) is 15.5. The van der Waals surface area contributed by atoms with Gasteiger partial charge in [-0.05, 0) is 49.4 Å². The highest BCUT2D eigenvalue weighted by Crippen LogP contribution is 2.33. The lowest BCUT2D eigenvalue weighted by Gasteiger charge is -2.06. The van der Waals surface area contributed by atoms with Gasteiger partial charge in [0, 0.05) is 27.4 Å². The van der Waals surface area contributed by atoms with Crippen LogP contribution in [-0.2, 0) is 0 Å². The molecule has 0 atom stereocenters. The Balaban J connectivity index is 1.63. The molecule has 0 fully saturated rings. The fourth-order valence-electron chi connectivity index (χ4n) is 2.93. The minimum absolute atomic E-state index is 0.106. The molecule has 0 bridgehead atoms. The molecule has 4 rings (SSSR count). The normalized spacial score (nSPS) is 10.9. The van der Waals surface area contributed by atoms with Crippen molar-refractivity contribution in [1.82, 2.24) is 4.98 Å². The Labute approximate surface area is 184 Å². The van der Waals surface area contributed by atoms with E-state index in [0.717, 1.165) is 4.47 Å². The first-order valence-corrected chi connectivity index (χ1v) is 9.91. The largest absolute Gasteiger partial charge is 0.436 e. The van der Waals surface area contributed by atoms with E-state index >= 15 is 0 Å². The lowest BCUT2D eigenvalue weighted by molar-refractivity contribution is -0.385. The van der Waals surface area contributed by atoms with Crippen LogP contribution in [0.2, 0.25) is 5.02 Å². The Morgan fingerprint density at radius 1 is 1.17 bits per heavy atom. The second-order valence-corrected chi connectivity index (χ2v) is 7.86. The summed E-state index contributed by atoms with van der Waals surface area (Å²) in [5, 5.41) is 14.3. The quantitative estimate of drug-likeness (QED) is 0.266. The van der Waals surface area contributed by atoms with Gasteiger partial charge in [-0.1, -0.05) is 33.6 Å². The van der Waals surface area contributed by atoms with Gasteiger partial charge < -0.3 is 9.73 Å². The summed E-state index contributed by atoms with van der Waals surface area (Å²) < 4.78 is 6.62. The molecule has 0 aliphatic heterocycles. The third-order valence-electron chi connectivity index (χ3n) is 4.47. The van der Waals surface area contributed by atoms with Crippen LogP contribution in [0.1, 0.15) is 15.9 Å². The number of nitro benzene ring substituents is 1. The van der Waals surface area contributed by atoms with Crippen molar-refractivity contribution in [3.8, 4) is 11.5 Å². The maximum absolute atomic E-state index is 12.5. The van der Waals surface area contributed by atoms with E-state index in [4.69, 9.17) is 16.0 Å². The second-order valence-electron chi connectivity index (χ2n) is 6.54. The van der Waals surface area contributed by atoms with Gasteiger partial charge >= 0.3 is 0 Å². The number of hydrogen-bond acceptors (Lipinski definition) is 5. The number of aryl methyl sites for hydroxylation is 1. The summed E-state index contributed by atoms with van der Waals surface area (Å²) in [6, 6.07) is 14.7. The average Bonchev–Trinajstić information content (AvgIpc) is 3.13. The van der Waals surface area contributed by atoms with E-state index in [-0.39, 0.29) is 11.3 Å². The van der Waals surface area contributed by atoms with Gasteiger partial charge in [-0.25, -0.2) is 4.98 Å². The molecule has 7 nitrogen and oxygen atoms in total. The number of amides is 1. The molecule has 30 heavy (non-hydrogen) atoms. The minimum atomic E-state index is -0.512. The number of oxazole rings is 1. The van der Waals surface area contributed by atoms with Crippen molar-refractivity contribution in [2.24, 2.45) is 0 Å². The summed E-state index contributed by atoms with van der Waals surface area (Å²) in [6.45, 7) is 1.62. The molecule has 1 heterocycles. The van der Waals surface area contributed by atoms with Crippen molar-refractivity contribution >= 4 is 55.9 Å². The molecule has 0 spiro atoms. The van der Waals surface area contributed by atoms with Crippen molar-refractivity contribution in [3.63, 3.8) is 0 Å². The first-order chi connectivity index (χ1) is 14.3. The van der Waals surface area contributed by atoms with Crippen LogP contribution in [0.4, 0.5) is 11.4 Å². The minimum Gasteiger partial charge on any atom is -0.436 e. The fourth-order valence-corrected chi connectivity index (χ4v) is 3.49. The molecular weight excluding hydrogens is 474 g/mol. The zero-order valence-corrected chi connectivity index (χ0v) is 17.8. The molecule has 0 saturated heterocycles. The van der Waals surface area contributed by atoms with E-state index in [2.05, 4.69) is 26.2 Å². The van der Waals surface area contributed by atoms with Crippen molar-refractivity contribution in [3.05, 3.63) is 85.3 Å². The van der Waals surface area contributed by atoms with Crippen LogP contribution in [0.5, 0.6) is 0 Å². The number of carbonyl (C=O) groups is 1. The lowest BCUT2D eigenvalue weighted by Crippen LogP contribution is -2.12. The van der Waals surface area contributed by atoms with E-state index in [9.17, 15) is 14.9 Å². The van der Waals surface area contributed by atoms with Crippen LogP contribution >= 0.6 is 27.5 Å². The Hall–Kier alpha value is -3.23. The summed E-state index contributed by atoms with van der Waals surface area (Å²) in [5.41, 5.74) is 2.76. The van der Waals surface area contributed by atoms with Crippen LogP contribution in [0.25, 0.3) is 22.6 Å². The smallest absolute Gasteiger partial charge is 0.273 e. The molecule has 9 heteroatoms. The third kappa shape index (κ3) is 3.92. The van der Waals surface area contributed by atoms with E-state index in [1.165, 1.54) is 6.07 Å². The molecule has 0 aliphatic rings. The number of fused-ring (bicyclic) bond motifs is 1. The van der Waals surface area contributed by atoms with E-state index in [1.807, 2.05) is 6.07 Å². The topological polar surface area (TPSA) is 98.3 Å². The summed E-state index contributed by atoms with van der Waals surface area (Å²) in [6.07, 6.45) is 0. The number of anilines is 1. The molecule has 150 valence electrons. The van der Waals surface area contributed by atoms with Crippen LogP contribution < -0.4 is 5.32 Å². The number of carbonyl (C=O) groups excluding carboxylic acids is 1. The van der Waals surface area contributed by atoms with E-state index in [1.54, 1.807) is 49.4 Å². The van der Waals surface area contributed by atoms with E-state index in [0.29, 0.717) is 38.8 Å². The van der Waals surface area contributed by atoms with Crippen molar-refractivity contribution in [2.45, 2.75) is 6.92 Å². The van der Waals surface area contributed by atoms with Crippen LogP contribution in [0.15, 0.2) is 63.5 Å². The molecular formula is C21H13BrClN3O4. The fraction of sp³-hybridized carbons (Fsp3) is 0.0476. The number of nitro groups is 1. The van der Waals surface area contributed by atoms with Crippen molar-refractivity contribution in [2.75, 3.05) is 5.32 Å². The average molecular weight is 487 g/mol. The van der Waals surface area contributed by atoms with Gasteiger partial charge in [0.25, 0.3) is 11.6 Å². The first kappa shape index (κ1) is 20.1. The predicted octanol–water partition coefficient (Wildman–Crippen LogP) is 6.38. The van der Waals surface area contributed by atoms with Crippen LogP contribution in [-0.4, -0.2) is 15.8 Å². The number of nitrogens with one attached hydrogen (secondary N) is 1. The monoisotopic (exact) mass is 485 g/mol. The van der Waals surface area contributed by atoms with Gasteiger partial charge in [0.2, 0.25) is 5.89 Å². The van der Waals surface area contributed by atoms with Gasteiger partial charge in [-0.15, -0.1) is 0 Å². The third-order valence-corrected chi connectivity index (χ3v) is 5.30. The summed E-state index contributed by atoms with van der Waals surface area (Å²) in [5.74, 6) is -0.106. The van der Waals surface area contributed by atoms with Crippen LogP contribution in [0, 0.1) is 17.0 Å². The summed E-state index contributed by atoms with van der Waals surface area (Å²) in [4.78, 5) is 27.6. The summed E-state index contributed by atoms with van der Waals surface area (Å²) in [7, 11) is 0. The summed E-state index contributed by atoms with van der Waals surface area (Å²) >= 11 is 9.65. The molecule has 0 saturated carbocycles. The number of hydrogen-bond donors (Lipinski definition) is 1. The van der Waals surface area contributed by atoms with Gasteiger partial charge in [0.15, 0.2) is 5.58 Å². The zero-order chi connectivity index (χ0) is 21.4. The number of benzene rings is 3. The maximum Gasteiger partial charge on any atom is 0.273 e. The molecule has 0 aliphatic carbocycles. The number of halogens is 2. The molecule has 3 aromatic carbocycles. The Morgan fingerprint density at radius 3 is 2.73 bits per heavy atom. The Morgan fingerprint density at radius 2 is 1.97 bits per heavy atom. The maximum atomic E-state index is 12.5. The van der Waals surface area contributed by atoms with Crippen molar-refractivity contribution in [1.29, 1.82) is 0 Å². The molecule has 1 aromatic heterocycles. The first-order valence-electron chi connectivity index (χ1n) is 8.74. The van der Waals surface area contributed by atoms with Crippen LogP contribution in [0.3, 0.4) is 0 Å². The van der Waals surface area contributed by atoms with Crippen molar-refractivity contribution < 1.29 is 14.1 Å². The number of aromatic nitrogens is 1. The van der Waals surface area contributed by atoms with Gasteiger partial charge in [0.1, 0.15) is 5.52 Å². The highest BCUT2D eigenvalue weighted by atomic mass is 79.9. The SMILES string of the molecule is Cc1ccc(C(=O)Nc2ccc3oc(-c4cc(Br)ccc4Cl)nc3c2)cc1[N+](=O)[O-]. The van der Waals surface area contributed by atoms with Gasteiger partial charge in [-0.2, -0.15) is 0 Å². The molecule has 0 unspecified atom stereocenters. The Bertz CT molecular complexity index is 1320. The number of rotatable bonds is 4. The molecule has 4 aromatic rings. The molecule has 1 N–H and O–H groups in total. The standard InChI is InChI=1S/C21H13BrClN3O4/c1-11-2-3-12(8-18(11)26(28)29)20(27)24-14-5-7-19-17(10-14)25-21(30-19)15-9-13(22)4-6-16(15)23/h2-10H,1H3,(H,24,27). The van der Waals surface area contributed by atoms with Gasteiger partial charge in [0.05, 0.1) is 15.5 Å². The second kappa shape index (κ2) is 7.89. The van der Waals surface area contributed by atoms with E-state index < -0.39 is 10.8 Å². The molecule has 1 amide bonds. The molecule has 0 radical (unpaired) electrons. The highest BCUT2D eigenvalue weighted by molar-refractivity contribution is 9.10. The lowest BCUT2D eigenvalue weighted by atomic mass is 10.1. The number of nitrogens with zero attached hydrogens (tertiary/aromatic N) is 2. The Kier molecular flexibility index (Phi) is 5.27. The predicted molar refractivity (Wildman–Crippen MR) is 118 cm³/mol. The van der Waals surface area contributed by atoms with Gasteiger partial charge in [-0.3, -0.25) is 14.9 Å². The highest BCUT2D eigenvalue weighted by Gasteiger charge is 2.16.